The van der Waals surface area contributed by atoms with Gasteiger partial charge in [0, 0.05) is 4.47 Å². The van der Waals surface area contributed by atoms with E-state index in [1.807, 2.05) is 84.9 Å². The molecule has 3 aromatic carbocycles. The van der Waals surface area contributed by atoms with Crippen molar-refractivity contribution in [3.05, 3.63) is 106 Å². The molecule has 1 N–H and O–H groups in total. The zero-order chi connectivity index (χ0) is 16.8. The number of rotatable bonds is 6. The fourth-order valence-electron chi connectivity index (χ4n) is 2.60. The molecule has 0 amide bonds. The van der Waals surface area contributed by atoms with Gasteiger partial charge in [0.25, 0.3) is 0 Å². The molecule has 0 saturated heterocycles. The fourth-order valence-corrected chi connectivity index (χ4v) is 2.87. The van der Waals surface area contributed by atoms with Crippen LogP contribution in [-0.2, 0) is 11.3 Å². The fraction of sp³-hybridized carbons (Fsp3) is 0.143. The molecule has 3 rings (SSSR count). The summed E-state index contributed by atoms with van der Waals surface area (Å²) in [5, 5.41) is 10.8. The van der Waals surface area contributed by atoms with Crippen LogP contribution < -0.4 is 0 Å². The van der Waals surface area contributed by atoms with Crippen LogP contribution in [0.4, 0.5) is 0 Å². The van der Waals surface area contributed by atoms with E-state index in [0.29, 0.717) is 6.61 Å². The van der Waals surface area contributed by atoms with Gasteiger partial charge in [0.2, 0.25) is 0 Å². The maximum absolute atomic E-state index is 10.8. The number of hydrogen-bond acceptors (Lipinski definition) is 2. The van der Waals surface area contributed by atoms with E-state index in [0.717, 1.165) is 21.2 Å². The summed E-state index contributed by atoms with van der Waals surface area (Å²) >= 11 is 3.44. The molecular weight excluding hydrogens is 364 g/mol. The lowest BCUT2D eigenvalue weighted by Gasteiger charge is -2.24. The first-order valence-corrected chi connectivity index (χ1v) is 8.67. The van der Waals surface area contributed by atoms with Gasteiger partial charge >= 0.3 is 0 Å². The Bertz CT molecular complexity index is 742. The lowest BCUT2D eigenvalue weighted by molar-refractivity contribution is -0.0497. The molecule has 0 heterocycles. The molecular formula is C21H19BrO2. The van der Waals surface area contributed by atoms with Crippen molar-refractivity contribution in [3.63, 3.8) is 0 Å². The van der Waals surface area contributed by atoms with Crippen LogP contribution in [0.1, 0.15) is 28.9 Å². The molecule has 0 bridgehead atoms. The van der Waals surface area contributed by atoms with Crippen molar-refractivity contribution in [1.29, 1.82) is 0 Å². The largest absolute Gasteiger partial charge is 0.385 e. The Kier molecular flexibility index (Phi) is 5.81. The Hall–Kier alpha value is -1.94. The maximum atomic E-state index is 10.8. The average Bonchev–Trinajstić information content (AvgIpc) is 2.65. The molecule has 0 fully saturated rings. The van der Waals surface area contributed by atoms with E-state index in [1.54, 1.807) is 0 Å². The highest BCUT2D eigenvalue weighted by Gasteiger charge is 2.23. The molecule has 0 spiro atoms. The minimum Gasteiger partial charge on any atom is -0.385 e. The average molecular weight is 383 g/mol. The molecule has 122 valence electrons. The lowest BCUT2D eigenvalue weighted by Crippen LogP contribution is -2.14. The minimum atomic E-state index is -0.718. The summed E-state index contributed by atoms with van der Waals surface area (Å²) in [5.41, 5.74) is 2.88. The first-order chi connectivity index (χ1) is 11.7. The Morgan fingerprint density at radius 3 is 1.88 bits per heavy atom. The Morgan fingerprint density at radius 2 is 1.29 bits per heavy atom. The van der Waals surface area contributed by atoms with Crippen LogP contribution in [0.25, 0.3) is 0 Å². The smallest absolute Gasteiger partial charge is 0.113 e. The third-order valence-electron chi connectivity index (χ3n) is 3.90. The third kappa shape index (κ3) is 4.32. The number of halogens is 1. The van der Waals surface area contributed by atoms with E-state index in [-0.39, 0.29) is 0 Å². The van der Waals surface area contributed by atoms with E-state index >= 15 is 0 Å². The summed E-state index contributed by atoms with van der Waals surface area (Å²) in [6.07, 6.45) is -1.14. The Morgan fingerprint density at radius 1 is 0.750 bits per heavy atom. The van der Waals surface area contributed by atoms with Crippen molar-refractivity contribution < 1.29 is 9.84 Å². The standard InChI is InChI=1S/C21H19BrO2/c22-19-13-11-16(12-14-19)15-24-21(18-9-5-2-6-10-18)20(23)17-7-3-1-4-8-17/h1-14,20-21,23H,15H2/t20-,21-/m0/s1. The van der Waals surface area contributed by atoms with Gasteiger partial charge in [0.1, 0.15) is 12.2 Å². The van der Waals surface area contributed by atoms with Gasteiger partial charge in [0.05, 0.1) is 6.61 Å². The van der Waals surface area contributed by atoms with Crippen LogP contribution >= 0.6 is 15.9 Å². The molecule has 0 aliphatic rings. The van der Waals surface area contributed by atoms with E-state index in [9.17, 15) is 5.11 Å². The SMILES string of the molecule is O[C@@H](c1ccccc1)[C@@H](OCc1ccc(Br)cc1)c1ccccc1. The quantitative estimate of drug-likeness (QED) is 0.614. The van der Waals surface area contributed by atoms with Crippen LogP contribution in [-0.4, -0.2) is 5.11 Å². The van der Waals surface area contributed by atoms with Gasteiger partial charge in [-0.3, -0.25) is 0 Å². The van der Waals surface area contributed by atoms with Gasteiger partial charge < -0.3 is 9.84 Å². The zero-order valence-corrected chi connectivity index (χ0v) is 14.8. The molecule has 0 aliphatic heterocycles. The molecule has 0 unspecified atom stereocenters. The summed E-state index contributed by atoms with van der Waals surface area (Å²) in [4.78, 5) is 0. The van der Waals surface area contributed by atoms with Crippen LogP contribution in [0.3, 0.4) is 0 Å². The van der Waals surface area contributed by atoms with Crippen molar-refractivity contribution in [2.45, 2.75) is 18.8 Å². The lowest BCUT2D eigenvalue weighted by atomic mass is 9.98. The van der Waals surface area contributed by atoms with Gasteiger partial charge in [-0.05, 0) is 28.8 Å². The second kappa shape index (κ2) is 8.25. The van der Waals surface area contributed by atoms with Crippen molar-refractivity contribution in [2.24, 2.45) is 0 Å². The maximum Gasteiger partial charge on any atom is 0.113 e. The number of aliphatic hydroxyl groups is 1. The topological polar surface area (TPSA) is 29.5 Å². The molecule has 0 saturated carbocycles. The van der Waals surface area contributed by atoms with Crippen LogP contribution in [0, 0.1) is 0 Å². The van der Waals surface area contributed by atoms with Crippen LogP contribution in [0.15, 0.2) is 89.4 Å². The van der Waals surface area contributed by atoms with E-state index in [4.69, 9.17) is 4.74 Å². The predicted molar refractivity (Wildman–Crippen MR) is 99.5 cm³/mol. The summed E-state index contributed by atoms with van der Waals surface area (Å²) in [7, 11) is 0. The van der Waals surface area contributed by atoms with Gasteiger partial charge in [0.15, 0.2) is 0 Å². The number of ether oxygens (including phenoxy) is 1. The van der Waals surface area contributed by atoms with Gasteiger partial charge in [-0.1, -0.05) is 88.7 Å². The van der Waals surface area contributed by atoms with Crippen molar-refractivity contribution in [1.82, 2.24) is 0 Å². The number of hydrogen-bond donors (Lipinski definition) is 1. The van der Waals surface area contributed by atoms with Crippen molar-refractivity contribution in [3.8, 4) is 0 Å². The number of aliphatic hydroxyl groups excluding tert-OH is 1. The molecule has 0 aromatic heterocycles. The summed E-state index contributed by atoms with van der Waals surface area (Å²) in [6, 6.07) is 27.5. The highest BCUT2D eigenvalue weighted by molar-refractivity contribution is 9.10. The molecule has 3 aromatic rings. The van der Waals surface area contributed by atoms with Gasteiger partial charge in [-0.25, -0.2) is 0 Å². The molecule has 0 radical (unpaired) electrons. The van der Waals surface area contributed by atoms with Crippen LogP contribution in [0.5, 0.6) is 0 Å². The highest BCUT2D eigenvalue weighted by Crippen LogP contribution is 2.32. The van der Waals surface area contributed by atoms with E-state index < -0.39 is 12.2 Å². The third-order valence-corrected chi connectivity index (χ3v) is 4.43. The Balaban J connectivity index is 1.81. The molecule has 3 heteroatoms. The zero-order valence-electron chi connectivity index (χ0n) is 13.2. The predicted octanol–water partition coefficient (Wildman–Crippen LogP) is 5.44. The van der Waals surface area contributed by atoms with E-state index in [2.05, 4.69) is 15.9 Å². The minimum absolute atomic E-state index is 0.419. The second-order valence-electron chi connectivity index (χ2n) is 5.62. The molecule has 24 heavy (non-hydrogen) atoms. The molecule has 0 aliphatic carbocycles. The molecule has 2 atom stereocenters. The highest BCUT2D eigenvalue weighted by atomic mass is 79.9. The second-order valence-corrected chi connectivity index (χ2v) is 6.54. The van der Waals surface area contributed by atoms with Gasteiger partial charge in [-0.2, -0.15) is 0 Å². The summed E-state index contributed by atoms with van der Waals surface area (Å²) in [5.74, 6) is 0. The molecule has 2 nitrogen and oxygen atoms in total. The van der Waals surface area contributed by atoms with Crippen molar-refractivity contribution in [2.75, 3.05) is 0 Å². The monoisotopic (exact) mass is 382 g/mol. The van der Waals surface area contributed by atoms with Gasteiger partial charge in [-0.15, -0.1) is 0 Å². The number of benzene rings is 3. The summed E-state index contributed by atoms with van der Waals surface area (Å²) in [6.45, 7) is 0.441. The van der Waals surface area contributed by atoms with E-state index in [1.165, 1.54) is 0 Å². The Labute approximate surface area is 150 Å². The first-order valence-electron chi connectivity index (χ1n) is 7.88. The summed E-state index contributed by atoms with van der Waals surface area (Å²) < 4.78 is 7.14. The normalized spacial score (nSPS) is 13.4. The van der Waals surface area contributed by atoms with Crippen LogP contribution in [0.2, 0.25) is 0 Å². The van der Waals surface area contributed by atoms with Crippen molar-refractivity contribution >= 4 is 15.9 Å². The first kappa shape index (κ1) is 16.9.